The van der Waals surface area contributed by atoms with Gasteiger partial charge in [0.1, 0.15) is 0 Å². The lowest BCUT2D eigenvalue weighted by atomic mass is 9.89. The van der Waals surface area contributed by atoms with E-state index in [9.17, 15) is 8.42 Å². The molecule has 1 aliphatic heterocycles. The normalized spacial score (nSPS) is 18.4. The minimum atomic E-state index is -3.80. The van der Waals surface area contributed by atoms with Crippen LogP contribution in [0.25, 0.3) is 5.69 Å². The van der Waals surface area contributed by atoms with Crippen LogP contribution in [-0.4, -0.2) is 41.7 Å². The van der Waals surface area contributed by atoms with Crippen molar-refractivity contribution in [3.8, 4) is 5.69 Å². The summed E-state index contributed by atoms with van der Waals surface area (Å²) < 4.78 is 31.0. The summed E-state index contributed by atoms with van der Waals surface area (Å²) in [6.07, 6.45) is 0. The lowest BCUT2D eigenvalue weighted by molar-refractivity contribution is 0.0369. The summed E-state index contributed by atoms with van der Waals surface area (Å²) in [6.45, 7) is 4.42. The van der Waals surface area contributed by atoms with Gasteiger partial charge in [-0.15, -0.1) is 0 Å². The fourth-order valence-corrected chi connectivity index (χ4v) is 6.21. The molecule has 1 aliphatic rings. The van der Waals surface area contributed by atoms with E-state index in [1.54, 1.807) is 10.7 Å². The van der Waals surface area contributed by atoms with Gasteiger partial charge in [0.2, 0.25) is 0 Å². The zero-order valence-electron chi connectivity index (χ0n) is 19.8. The van der Waals surface area contributed by atoms with E-state index in [1.807, 2.05) is 92.7 Å². The van der Waals surface area contributed by atoms with Gasteiger partial charge in [-0.3, -0.25) is 4.90 Å². The van der Waals surface area contributed by atoms with E-state index in [4.69, 9.17) is 23.2 Å². The standard InChI is InChI=1S/C27H26Cl2N4O2S/c1-18-16-26(30-33(18)24-6-4-3-5-7-24)36(34,35)31-25-17-32(19(25)2)27(20-8-12-22(28)13-9-20)21-10-14-23(29)15-11-21/h3-16,19,25,27,31H,17H2,1-2H3/t19-,25+/m0/s1. The third kappa shape index (κ3) is 4.94. The highest BCUT2D eigenvalue weighted by Crippen LogP contribution is 2.37. The van der Waals surface area contributed by atoms with Crippen LogP contribution in [0.5, 0.6) is 0 Å². The third-order valence-corrected chi connectivity index (χ3v) is 8.53. The fraction of sp³-hybridized carbons (Fsp3) is 0.222. The van der Waals surface area contributed by atoms with Gasteiger partial charge in [-0.2, -0.15) is 5.10 Å². The maximum Gasteiger partial charge on any atom is 0.260 e. The zero-order chi connectivity index (χ0) is 25.4. The number of sulfonamides is 1. The molecular formula is C27H26Cl2N4O2S. The molecule has 0 saturated carbocycles. The number of nitrogens with one attached hydrogen (secondary N) is 1. The first kappa shape index (κ1) is 25.0. The average Bonchev–Trinajstić information content (AvgIpc) is 3.28. The summed E-state index contributed by atoms with van der Waals surface area (Å²) in [4.78, 5) is 2.27. The number of nitrogens with zero attached hydrogens (tertiary/aromatic N) is 3. The smallest absolute Gasteiger partial charge is 0.260 e. The first-order valence-electron chi connectivity index (χ1n) is 11.6. The molecule has 9 heteroatoms. The van der Waals surface area contributed by atoms with Gasteiger partial charge in [-0.1, -0.05) is 65.7 Å². The summed E-state index contributed by atoms with van der Waals surface area (Å²) >= 11 is 12.3. The Morgan fingerprint density at radius 2 is 1.47 bits per heavy atom. The number of likely N-dealkylation sites (tertiary alicyclic amines) is 1. The Bertz CT molecular complexity index is 1410. The Morgan fingerprint density at radius 3 is 2.00 bits per heavy atom. The highest BCUT2D eigenvalue weighted by molar-refractivity contribution is 7.89. The summed E-state index contributed by atoms with van der Waals surface area (Å²) in [5, 5.41) is 5.73. The topological polar surface area (TPSA) is 67.2 Å². The van der Waals surface area contributed by atoms with Crippen molar-refractivity contribution in [3.05, 3.63) is 112 Å². The van der Waals surface area contributed by atoms with E-state index in [-0.39, 0.29) is 23.2 Å². The van der Waals surface area contributed by atoms with E-state index in [1.165, 1.54) is 0 Å². The van der Waals surface area contributed by atoms with Gasteiger partial charge in [0, 0.05) is 34.4 Å². The molecule has 2 heterocycles. The first-order valence-corrected chi connectivity index (χ1v) is 13.9. The molecule has 0 radical (unpaired) electrons. The Hall–Kier alpha value is -2.68. The van der Waals surface area contributed by atoms with Crippen LogP contribution in [0.2, 0.25) is 10.0 Å². The fourth-order valence-electron chi connectivity index (χ4n) is 4.65. The molecule has 1 saturated heterocycles. The number of rotatable bonds is 7. The predicted octanol–water partition coefficient (Wildman–Crippen LogP) is 5.63. The van der Waals surface area contributed by atoms with Crippen molar-refractivity contribution >= 4 is 33.2 Å². The molecule has 0 amide bonds. The van der Waals surface area contributed by atoms with Gasteiger partial charge in [-0.05, 0) is 61.4 Å². The highest BCUT2D eigenvalue weighted by atomic mass is 35.5. The van der Waals surface area contributed by atoms with E-state index in [2.05, 4.69) is 14.7 Å². The largest absolute Gasteiger partial charge is 0.286 e. The molecule has 0 spiro atoms. The van der Waals surface area contributed by atoms with E-state index in [0.717, 1.165) is 22.5 Å². The van der Waals surface area contributed by atoms with Crippen molar-refractivity contribution in [2.75, 3.05) is 6.54 Å². The Balaban J connectivity index is 1.36. The highest BCUT2D eigenvalue weighted by Gasteiger charge is 2.43. The molecule has 1 N–H and O–H groups in total. The molecule has 2 atom stereocenters. The number of aromatic nitrogens is 2. The number of para-hydroxylation sites is 1. The summed E-state index contributed by atoms with van der Waals surface area (Å²) in [7, 11) is -3.80. The molecule has 5 rings (SSSR count). The maximum atomic E-state index is 13.2. The third-order valence-electron chi connectivity index (χ3n) is 6.66. The van der Waals surface area contributed by atoms with Crippen molar-refractivity contribution in [1.82, 2.24) is 19.4 Å². The van der Waals surface area contributed by atoms with Crippen LogP contribution >= 0.6 is 23.2 Å². The Labute approximate surface area is 221 Å². The molecule has 0 aliphatic carbocycles. The van der Waals surface area contributed by atoms with Gasteiger partial charge in [0.25, 0.3) is 10.0 Å². The minimum absolute atomic E-state index is 0.0152. The lowest BCUT2D eigenvalue weighted by Gasteiger charge is -2.50. The van der Waals surface area contributed by atoms with Crippen molar-refractivity contribution in [2.45, 2.75) is 37.0 Å². The number of benzene rings is 3. The molecule has 1 aromatic heterocycles. The van der Waals surface area contributed by atoms with E-state index < -0.39 is 10.0 Å². The lowest BCUT2D eigenvalue weighted by Crippen LogP contribution is -2.66. The van der Waals surface area contributed by atoms with Crippen molar-refractivity contribution in [3.63, 3.8) is 0 Å². The van der Waals surface area contributed by atoms with Crippen LogP contribution < -0.4 is 4.72 Å². The zero-order valence-corrected chi connectivity index (χ0v) is 22.2. The van der Waals surface area contributed by atoms with E-state index in [0.29, 0.717) is 16.6 Å². The van der Waals surface area contributed by atoms with Gasteiger partial charge < -0.3 is 0 Å². The van der Waals surface area contributed by atoms with Crippen molar-refractivity contribution < 1.29 is 8.42 Å². The van der Waals surface area contributed by atoms with Gasteiger partial charge in [0.15, 0.2) is 5.03 Å². The number of hydrogen-bond donors (Lipinski definition) is 1. The average molecular weight is 542 g/mol. The van der Waals surface area contributed by atoms with Gasteiger partial charge in [0.05, 0.1) is 17.8 Å². The van der Waals surface area contributed by atoms with E-state index >= 15 is 0 Å². The molecule has 3 aromatic carbocycles. The monoisotopic (exact) mass is 540 g/mol. The Kier molecular flexibility index (Phi) is 6.94. The number of hydrogen-bond acceptors (Lipinski definition) is 4. The predicted molar refractivity (Wildman–Crippen MR) is 143 cm³/mol. The molecule has 0 unspecified atom stereocenters. The molecule has 36 heavy (non-hydrogen) atoms. The summed E-state index contributed by atoms with van der Waals surface area (Å²) in [5.74, 6) is 0. The quantitative estimate of drug-likeness (QED) is 0.330. The second-order valence-electron chi connectivity index (χ2n) is 9.04. The molecule has 186 valence electrons. The van der Waals surface area contributed by atoms with Crippen LogP contribution in [0.15, 0.2) is 90.0 Å². The summed E-state index contributed by atoms with van der Waals surface area (Å²) in [5.41, 5.74) is 3.71. The van der Waals surface area contributed by atoms with Gasteiger partial charge in [-0.25, -0.2) is 17.8 Å². The molecule has 4 aromatic rings. The first-order chi connectivity index (χ1) is 17.2. The minimum Gasteiger partial charge on any atom is -0.286 e. The summed E-state index contributed by atoms with van der Waals surface area (Å²) in [6, 6.07) is 26.2. The van der Waals surface area contributed by atoms with Crippen LogP contribution in [0.1, 0.15) is 29.8 Å². The molecule has 1 fully saturated rings. The van der Waals surface area contributed by atoms with Crippen LogP contribution in [-0.2, 0) is 10.0 Å². The molecular weight excluding hydrogens is 515 g/mol. The van der Waals surface area contributed by atoms with Crippen LogP contribution in [0, 0.1) is 6.92 Å². The second-order valence-corrected chi connectivity index (χ2v) is 11.6. The Morgan fingerprint density at radius 1 is 0.917 bits per heavy atom. The molecule has 0 bridgehead atoms. The number of halogens is 2. The van der Waals surface area contributed by atoms with Crippen LogP contribution in [0.4, 0.5) is 0 Å². The van der Waals surface area contributed by atoms with Crippen LogP contribution in [0.3, 0.4) is 0 Å². The van der Waals surface area contributed by atoms with Crippen molar-refractivity contribution in [2.24, 2.45) is 0 Å². The van der Waals surface area contributed by atoms with Gasteiger partial charge >= 0.3 is 0 Å². The molecule has 6 nitrogen and oxygen atoms in total. The SMILES string of the molecule is Cc1cc(S(=O)(=O)N[C@@H]2CN(C(c3ccc(Cl)cc3)c3ccc(Cl)cc3)[C@H]2C)nn1-c1ccccc1. The number of aryl methyl sites for hydroxylation is 1. The van der Waals surface area contributed by atoms with Crippen molar-refractivity contribution in [1.29, 1.82) is 0 Å². The second kappa shape index (κ2) is 10.00. The maximum absolute atomic E-state index is 13.2.